The maximum Gasteiger partial charge on any atom is 0.271 e. The van der Waals surface area contributed by atoms with Crippen molar-refractivity contribution in [2.45, 2.75) is 19.4 Å². The largest absolute Gasteiger partial charge is 0.370 e. The minimum atomic E-state index is -0.422. The van der Waals surface area contributed by atoms with Gasteiger partial charge in [-0.1, -0.05) is 41.9 Å². The summed E-state index contributed by atoms with van der Waals surface area (Å²) in [4.78, 5) is 31.0. The average Bonchev–Trinajstić information content (AvgIpc) is 2.58. The van der Waals surface area contributed by atoms with Crippen LogP contribution in [0, 0.1) is 0 Å². The van der Waals surface area contributed by atoms with Gasteiger partial charge in [0, 0.05) is 19.5 Å². The lowest BCUT2D eigenvalue weighted by atomic mass is 10.2. The van der Waals surface area contributed by atoms with Crippen LogP contribution in [0.1, 0.15) is 28.9 Å². The van der Waals surface area contributed by atoms with E-state index in [0.29, 0.717) is 25.5 Å². The van der Waals surface area contributed by atoms with Crippen LogP contribution in [0.2, 0.25) is 5.02 Å². The number of hydrogen-bond acceptors (Lipinski definition) is 5. The molecule has 8 heteroatoms. The predicted molar refractivity (Wildman–Crippen MR) is 91.6 cm³/mol. The Balaban J connectivity index is 1.94. The summed E-state index contributed by atoms with van der Waals surface area (Å²) in [5.41, 5.74) is 6.19. The summed E-state index contributed by atoms with van der Waals surface area (Å²) in [6.07, 6.45) is 2.05. The lowest BCUT2D eigenvalue weighted by molar-refractivity contribution is -0.118. The number of aromatic nitrogens is 2. The van der Waals surface area contributed by atoms with Gasteiger partial charge in [0.15, 0.2) is 5.69 Å². The highest BCUT2D eigenvalue weighted by atomic mass is 35.5. The molecular formula is C16H18ClN5O2. The summed E-state index contributed by atoms with van der Waals surface area (Å²) in [6, 6.07) is 9.74. The fourth-order valence-corrected chi connectivity index (χ4v) is 2.11. The topological polar surface area (TPSA) is 110 Å². The van der Waals surface area contributed by atoms with Crippen LogP contribution in [0.25, 0.3) is 0 Å². The highest BCUT2D eigenvalue weighted by molar-refractivity contribution is 6.33. The Hall–Kier alpha value is -2.67. The van der Waals surface area contributed by atoms with Crippen molar-refractivity contribution in [2.24, 2.45) is 5.73 Å². The van der Waals surface area contributed by atoms with E-state index in [1.807, 2.05) is 30.3 Å². The van der Waals surface area contributed by atoms with Gasteiger partial charge >= 0.3 is 0 Å². The number of nitrogens with zero attached hydrogens (tertiary/aromatic N) is 2. The molecule has 1 aromatic heterocycles. The molecule has 0 aliphatic rings. The SMILES string of the molecule is NC(=O)CCCNC(=O)c1nc(NCc2ccccc2)ncc1Cl. The lowest BCUT2D eigenvalue weighted by Crippen LogP contribution is -2.27. The third-order valence-corrected chi connectivity index (χ3v) is 3.41. The number of halogens is 1. The van der Waals surface area contributed by atoms with E-state index >= 15 is 0 Å². The normalized spacial score (nSPS) is 10.2. The first-order valence-electron chi connectivity index (χ1n) is 7.43. The summed E-state index contributed by atoms with van der Waals surface area (Å²) in [5, 5.41) is 5.85. The summed E-state index contributed by atoms with van der Waals surface area (Å²) in [7, 11) is 0. The van der Waals surface area contributed by atoms with Gasteiger partial charge in [0.1, 0.15) is 0 Å². The minimum absolute atomic E-state index is 0.0845. The number of nitrogens with one attached hydrogen (secondary N) is 2. The number of carbonyl (C=O) groups excluding carboxylic acids is 2. The van der Waals surface area contributed by atoms with Crippen molar-refractivity contribution in [2.75, 3.05) is 11.9 Å². The van der Waals surface area contributed by atoms with Crippen molar-refractivity contribution < 1.29 is 9.59 Å². The number of anilines is 1. The highest BCUT2D eigenvalue weighted by Crippen LogP contribution is 2.14. The second-order valence-corrected chi connectivity index (χ2v) is 5.46. The number of amides is 2. The molecule has 1 aromatic carbocycles. The standard InChI is InChI=1S/C16H18ClN5O2/c17-12-10-21-16(20-9-11-5-2-1-3-6-11)22-14(12)15(24)19-8-4-7-13(18)23/h1-3,5-6,10H,4,7-9H2,(H2,18,23)(H,19,24)(H,20,21,22). The third-order valence-electron chi connectivity index (χ3n) is 3.14. The molecule has 7 nitrogen and oxygen atoms in total. The van der Waals surface area contributed by atoms with Crippen molar-refractivity contribution in [3.05, 3.63) is 52.8 Å². The first kappa shape index (κ1) is 17.7. The Morgan fingerprint density at radius 3 is 2.67 bits per heavy atom. The summed E-state index contributed by atoms with van der Waals surface area (Å²) in [5.74, 6) is -0.517. The molecule has 2 rings (SSSR count). The number of rotatable bonds is 8. The van der Waals surface area contributed by atoms with E-state index < -0.39 is 11.8 Å². The van der Waals surface area contributed by atoms with Crippen LogP contribution in [-0.2, 0) is 11.3 Å². The van der Waals surface area contributed by atoms with E-state index in [1.165, 1.54) is 6.20 Å². The van der Waals surface area contributed by atoms with Crippen LogP contribution in [-0.4, -0.2) is 28.3 Å². The molecule has 0 saturated heterocycles. The quantitative estimate of drug-likeness (QED) is 0.630. The zero-order valence-corrected chi connectivity index (χ0v) is 13.7. The molecule has 2 aromatic rings. The van der Waals surface area contributed by atoms with E-state index in [2.05, 4.69) is 20.6 Å². The molecule has 126 valence electrons. The molecule has 0 radical (unpaired) electrons. The Morgan fingerprint density at radius 2 is 1.96 bits per heavy atom. The third kappa shape index (κ3) is 5.51. The maximum absolute atomic E-state index is 12.1. The van der Waals surface area contributed by atoms with Gasteiger partial charge in [-0.2, -0.15) is 0 Å². The van der Waals surface area contributed by atoms with Gasteiger partial charge in [-0.05, 0) is 12.0 Å². The molecule has 1 heterocycles. The van der Waals surface area contributed by atoms with Crippen LogP contribution in [0.15, 0.2) is 36.5 Å². The van der Waals surface area contributed by atoms with E-state index in [4.69, 9.17) is 17.3 Å². The molecule has 0 spiro atoms. The zero-order chi connectivity index (χ0) is 17.4. The molecule has 24 heavy (non-hydrogen) atoms. The van der Waals surface area contributed by atoms with Crippen LogP contribution in [0.4, 0.5) is 5.95 Å². The molecule has 0 fully saturated rings. The van der Waals surface area contributed by atoms with E-state index in [0.717, 1.165) is 5.56 Å². The zero-order valence-electron chi connectivity index (χ0n) is 13.0. The van der Waals surface area contributed by atoms with Crippen molar-refractivity contribution >= 4 is 29.4 Å². The second kappa shape index (κ2) is 8.83. The predicted octanol–water partition coefficient (Wildman–Crippen LogP) is 1.74. The van der Waals surface area contributed by atoms with E-state index in [1.54, 1.807) is 0 Å². The molecule has 0 atom stereocenters. The number of nitrogens with two attached hydrogens (primary N) is 1. The molecular weight excluding hydrogens is 330 g/mol. The summed E-state index contributed by atoms with van der Waals surface area (Å²) in [6.45, 7) is 0.844. The highest BCUT2D eigenvalue weighted by Gasteiger charge is 2.13. The monoisotopic (exact) mass is 347 g/mol. The van der Waals surface area contributed by atoms with Gasteiger partial charge in [-0.3, -0.25) is 9.59 Å². The summed E-state index contributed by atoms with van der Waals surface area (Å²) >= 11 is 5.98. The van der Waals surface area contributed by atoms with Gasteiger partial charge in [0.25, 0.3) is 5.91 Å². The van der Waals surface area contributed by atoms with E-state index in [9.17, 15) is 9.59 Å². The van der Waals surface area contributed by atoms with Gasteiger partial charge in [0.2, 0.25) is 11.9 Å². The average molecular weight is 348 g/mol. The number of carbonyl (C=O) groups is 2. The first-order valence-corrected chi connectivity index (χ1v) is 7.81. The molecule has 0 aliphatic heterocycles. The van der Waals surface area contributed by atoms with Crippen molar-refractivity contribution in [3.63, 3.8) is 0 Å². The fraction of sp³-hybridized carbons (Fsp3) is 0.250. The van der Waals surface area contributed by atoms with Crippen molar-refractivity contribution in [1.82, 2.24) is 15.3 Å². The Labute approximate surface area is 144 Å². The molecule has 2 amide bonds. The Kier molecular flexibility index (Phi) is 6.51. The van der Waals surface area contributed by atoms with Crippen LogP contribution >= 0.6 is 11.6 Å². The first-order chi connectivity index (χ1) is 11.6. The van der Waals surface area contributed by atoms with Gasteiger partial charge in [-0.25, -0.2) is 9.97 Å². The van der Waals surface area contributed by atoms with Crippen LogP contribution in [0.3, 0.4) is 0 Å². The van der Waals surface area contributed by atoms with E-state index in [-0.39, 0.29) is 17.1 Å². The summed E-state index contributed by atoms with van der Waals surface area (Å²) < 4.78 is 0. The molecule has 0 unspecified atom stereocenters. The number of primary amides is 1. The molecule has 0 saturated carbocycles. The van der Waals surface area contributed by atoms with Crippen LogP contribution < -0.4 is 16.4 Å². The van der Waals surface area contributed by atoms with Crippen molar-refractivity contribution in [1.29, 1.82) is 0 Å². The number of benzene rings is 1. The van der Waals surface area contributed by atoms with Gasteiger partial charge in [-0.15, -0.1) is 0 Å². The Morgan fingerprint density at radius 1 is 1.21 bits per heavy atom. The second-order valence-electron chi connectivity index (χ2n) is 5.06. The lowest BCUT2D eigenvalue weighted by Gasteiger charge is -2.08. The molecule has 0 bridgehead atoms. The molecule has 4 N–H and O–H groups in total. The fourth-order valence-electron chi connectivity index (χ4n) is 1.94. The molecule has 0 aliphatic carbocycles. The van der Waals surface area contributed by atoms with Gasteiger partial charge in [0.05, 0.1) is 11.2 Å². The smallest absolute Gasteiger partial charge is 0.271 e. The minimum Gasteiger partial charge on any atom is -0.370 e. The Bertz CT molecular complexity index is 709. The number of hydrogen-bond donors (Lipinski definition) is 3. The maximum atomic E-state index is 12.1. The van der Waals surface area contributed by atoms with Gasteiger partial charge < -0.3 is 16.4 Å². The van der Waals surface area contributed by atoms with Crippen molar-refractivity contribution in [3.8, 4) is 0 Å². The van der Waals surface area contributed by atoms with Crippen LogP contribution in [0.5, 0.6) is 0 Å².